The molecule has 5 atom stereocenters. The van der Waals surface area contributed by atoms with Crippen LogP contribution in [0.4, 0.5) is 0 Å². The Morgan fingerprint density at radius 3 is 2.74 bits per heavy atom. The van der Waals surface area contributed by atoms with Gasteiger partial charge in [0, 0.05) is 6.42 Å². The molecular weight excluding hydrogens is 240 g/mol. The lowest BCUT2D eigenvalue weighted by atomic mass is 9.80. The van der Waals surface area contributed by atoms with Gasteiger partial charge in [0.1, 0.15) is 0 Å². The smallest absolute Gasteiger partial charge is 0.201 e. The van der Waals surface area contributed by atoms with Crippen LogP contribution >= 0.6 is 0 Å². The van der Waals surface area contributed by atoms with Crippen LogP contribution in [0.1, 0.15) is 47.5 Å². The fourth-order valence-electron chi connectivity index (χ4n) is 2.43. The van der Waals surface area contributed by atoms with Crippen LogP contribution in [-0.2, 0) is 14.2 Å². The quantitative estimate of drug-likeness (QED) is 0.392. The van der Waals surface area contributed by atoms with E-state index in [1.165, 1.54) is 11.8 Å². The van der Waals surface area contributed by atoms with E-state index < -0.39 is 0 Å². The molecule has 0 radical (unpaired) electrons. The summed E-state index contributed by atoms with van der Waals surface area (Å²) in [6.45, 7) is 14.1. The van der Waals surface area contributed by atoms with E-state index in [0.717, 1.165) is 12.8 Å². The molecule has 0 saturated carbocycles. The van der Waals surface area contributed by atoms with Crippen molar-refractivity contribution < 1.29 is 14.2 Å². The fourth-order valence-corrected chi connectivity index (χ4v) is 2.43. The maximum absolute atomic E-state index is 6.06. The molecule has 0 aromatic rings. The molecule has 3 heteroatoms. The van der Waals surface area contributed by atoms with Crippen LogP contribution in [0.2, 0.25) is 0 Å². The first-order valence-electron chi connectivity index (χ1n) is 7.23. The topological polar surface area (TPSA) is 27.7 Å². The standard InChI is InChI=1S/C16H28O3/c1-7-15(17-8-2)18-14(6)19-16-12(4)10-9-11(3)13(16)5/h8,10-11,13-16H,2,7,9H2,1,3-6H3/t11?,13?,14?,15?,16-/m0/s1. The van der Waals surface area contributed by atoms with E-state index >= 15 is 0 Å². The molecular formula is C16H28O3. The zero-order valence-electron chi connectivity index (χ0n) is 12.9. The molecule has 0 bridgehead atoms. The van der Waals surface area contributed by atoms with Gasteiger partial charge in [-0.15, -0.1) is 0 Å². The van der Waals surface area contributed by atoms with E-state index in [-0.39, 0.29) is 18.7 Å². The zero-order valence-corrected chi connectivity index (χ0v) is 12.9. The van der Waals surface area contributed by atoms with Crippen LogP contribution in [-0.4, -0.2) is 18.7 Å². The number of allylic oxidation sites excluding steroid dienone is 1. The Labute approximate surface area is 117 Å². The SMILES string of the molecule is C=COC(CC)OC(C)O[C@H]1C(C)=CCC(C)C1C. The Morgan fingerprint density at radius 1 is 1.47 bits per heavy atom. The molecule has 0 fully saturated rings. The van der Waals surface area contributed by atoms with Gasteiger partial charge in [-0.05, 0) is 37.7 Å². The zero-order chi connectivity index (χ0) is 14.4. The third-order valence-corrected chi connectivity index (χ3v) is 3.90. The van der Waals surface area contributed by atoms with Crippen molar-refractivity contribution in [3.05, 3.63) is 24.5 Å². The molecule has 0 heterocycles. The summed E-state index contributed by atoms with van der Waals surface area (Å²) >= 11 is 0. The Kier molecular flexibility index (Phi) is 6.59. The highest BCUT2D eigenvalue weighted by atomic mass is 16.8. The molecule has 1 aliphatic rings. The van der Waals surface area contributed by atoms with Gasteiger partial charge in [0.15, 0.2) is 6.29 Å². The van der Waals surface area contributed by atoms with Gasteiger partial charge in [-0.3, -0.25) is 0 Å². The monoisotopic (exact) mass is 268 g/mol. The highest BCUT2D eigenvalue weighted by Crippen LogP contribution is 2.32. The molecule has 0 amide bonds. The minimum absolute atomic E-state index is 0.139. The van der Waals surface area contributed by atoms with E-state index in [2.05, 4.69) is 33.4 Å². The molecule has 1 aliphatic carbocycles. The average Bonchev–Trinajstić information content (AvgIpc) is 2.38. The van der Waals surface area contributed by atoms with Crippen molar-refractivity contribution in [2.75, 3.05) is 0 Å². The van der Waals surface area contributed by atoms with E-state index in [1.807, 2.05) is 13.8 Å². The van der Waals surface area contributed by atoms with E-state index in [0.29, 0.717) is 11.8 Å². The van der Waals surface area contributed by atoms with Crippen LogP contribution in [0.3, 0.4) is 0 Å². The summed E-state index contributed by atoms with van der Waals surface area (Å²) in [6.07, 6.45) is 5.17. The van der Waals surface area contributed by atoms with E-state index in [4.69, 9.17) is 14.2 Å². The Bertz CT molecular complexity index is 311. The first-order chi connectivity index (χ1) is 8.99. The second kappa shape index (κ2) is 7.71. The number of ether oxygens (including phenoxy) is 3. The van der Waals surface area contributed by atoms with E-state index in [1.54, 1.807) is 0 Å². The van der Waals surface area contributed by atoms with Crippen LogP contribution in [0, 0.1) is 11.8 Å². The van der Waals surface area contributed by atoms with Gasteiger partial charge in [-0.2, -0.15) is 0 Å². The second-order valence-corrected chi connectivity index (χ2v) is 5.42. The molecule has 19 heavy (non-hydrogen) atoms. The minimum Gasteiger partial charge on any atom is -0.473 e. The maximum Gasteiger partial charge on any atom is 0.201 e. The number of hydrogen-bond acceptors (Lipinski definition) is 3. The molecule has 0 spiro atoms. The van der Waals surface area contributed by atoms with Gasteiger partial charge >= 0.3 is 0 Å². The molecule has 0 N–H and O–H groups in total. The van der Waals surface area contributed by atoms with Gasteiger partial charge in [-0.1, -0.05) is 33.4 Å². The summed E-state index contributed by atoms with van der Waals surface area (Å²) in [5.74, 6) is 1.16. The third kappa shape index (κ3) is 4.66. The number of rotatable bonds is 7. The normalized spacial score (nSPS) is 30.4. The van der Waals surface area contributed by atoms with Gasteiger partial charge in [0.05, 0.1) is 12.4 Å². The lowest BCUT2D eigenvalue weighted by Crippen LogP contribution is -2.36. The average molecular weight is 268 g/mol. The summed E-state index contributed by atoms with van der Waals surface area (Å²) in [7, 11) is 0. The van der Waals surface area contributed by atoms with Gasteiger partial charge in [0.2, 0.25) is 6.29 Å². The van der Waals surface area contributed by atoms with Crippen molar-refractivity contribution in [3.8, 4) is 0 Å². The molecule has 0 aromatic heterocycles. The summed E-state index contributed by atoms with van der Waals surface area (Å²) in [5.41, 5.74) is 1.30. The largest absolute Gasteiger partial charge is 0.473 e. The lowest BCUT2D eigenvalue weighted by molar-refractivity contribution is -0.240. The Morgan fingerprint density at radius 2 is 2.16 bits per heavy atom. The van der Waals surface area contributed by atoms with Crippen LogP contribution < -0.4 is 0 Å². The molecule has 1 rings (SSSR count). The second-order valence-electron chi connectivity index (χ2n) is 5.42. The predicted molar refractivity (Wildman–Crippen MR) is 77.5 cm³/mol. The highest BCUT2D eigenvalue weighted by molar-refractivity contribution is 5.11. The lowest BCUT2D eigenvalue weighted by Gasteiger charge is -2.35. The van der Waals surface area contributed by atoms with Gasteiger partial charge in [0.25, 0.3) is 0 Å². The summed E-state index contributed by atoms with van der Waals surface area (Å²) in [6, 6.07) is 0. The molecule has 0 aromatic carbocycles. The van der Waals surface area contributed by atoms with Crippen molar-refractivity contribution in [2.45, 2.75) is 66.1 Å². The highest BCUT2D eigenvalue weighted by Gasteiger charge is 2.30. The Hall–Kier alpha value is -0.800. The minimum atomic E-state index is -0.286. The molecule has 110 valence electrons. The van der Waals surface area contributed by atoms with Gasteiger partial charge < -0.3 is 14.2 Å². The van der Waals surface area contributed by atoms with E-state index in [9.17, 15) is 0 Å². The first-order valence-corrected chi connectivity index (χ1v) is 7.23. The molecule has 0 aliphatic heterocycles. The van der Waals surface area contributed by atoms with Crippen LogP contribution in [0.5, 0.6) is 0 Å². The van der Waals surface area contributed by atoms with Crippen LogP contribution in [0.15, 0.2) is 24.5 Å². The van der Waals surface area contributed by atoms with Gasteiger partial charge in [-0.25, -0.2) is 0 Å². The van der Waals surface area contributed by atoms with Crippen molar-refractivity contribution in [3.63, 3.8) is 0 Å². The van der Waals surface area contributed by atoms with Crippen LogP contribution in [0.25, 0.3) is 0 Å². The summed E-state index contributed by atoms with van der Waals surface area (Å²) in [5, 5.41) is 0. The summed E-state index contributed by atoms with van der Waals surface area (Å²) in [4.78, 5) is 0. The number of hydrogen-bond donors (Lipinski definition) is 0. The third-order valence-electron chi connectivity index (χ3n) is 3.90. The molecule has 3 nitrogen and oxygen atoms in total. The maximum atomic E-state index is 6.06. The van der Waals surface area contributed by atoms with Crippen molar-refractivity contribution in [2.24, 2.45) is 11.8 Å². The van der Waals surface area contributed by atoms with Crippen molar-refractivity contribution >= 4 is 0 Å². The summed E-state index contributed by atoms with van der Waals surface area (Å²) < 4.78 is 17.1. The van der Waals surface area contributed by atoms with Crippen molar-refractivity contribution in [1.29, 1.82) is 0 Å². The fraction of sp³-hybridized carbons (Fsp3) is 0.750. The first kappa shape index (κ1) is 16.3. The van der Waals surface area contributed by atoms with Crippen molar-refractivity contribution in [1.82, 2.24) is 0 Å². The molecule has 0 saturated heterocycles. The molecule has 4 unspecified atom stereocenters. The Balaban J connectivity index is 2.55. The predicted octanol–water partition coefficient (Wildman–Crippen LogP) is 4.25.